The van der Waals surface area contributed by atoms with Gasteiger partial charge in [-0.1, -0.05) is 0 Å². The van der Waals surface area contributed by atoms with Gasteiger partial charge in [0.2, 0.25) is 0 Å². The first-order valence-electron chi connectivity index (χ1n) is 6.65. The molecule has 2 N–H and O–H groups in total. The van der Waals surface area contributed by atoms with Gasteiger partial charge in [0.15, 0.2) is 11.6 Å². The Morgan fingerprint density at radius 1 is 1.43 bits per heavy atom. The van der Waals surface area contributed by atoms with Crippen LogP contribution in [0, 0.1) is 17.6 Å². The van der Waals surface area contributed by atoms with Crippen molar-refractivity contribution >= 4 is 34.2 Å². The van der Waals surface area contributed by atoms with E-state index in [0.29, 0.717) is 5.92 Å². The molecule has 1 aliphatic rings. The molecule has 1 aliphatic heterocycles. The highest BCUT2D eigenvalue weighted by molar-refractivity contribution is 9.10. The van der Waals surface area contributed by atoms with Crippen molar-refractivity contribution in [1.29, 1.82) is 0 Å². The molecule has 0 aliphatic carbocycles. The number of carbonyl (C=O) groups excluding carboxylic acids is 1. The number of carbonyl (C=O) groups is 1. The first-order chi connectivity index (χ1) is 9.49. The predicted octanol–water partition coefficient (Wildman–Crippen LogP) is 3.27. The summed E-state index contributed by atoms with van der Waals surface area (Å²) in [5, 5.41) is 6.14. The monoisotopic (exact) mass is 382 g/mol. The summed E-state index contributed by atoms with van der Waals surface area (Å²) >= 11 is 3.09. The van der Waals surface area contributed by atoms with E-state index in [1.165, 1.54) is 0 Å². The SMILES string of the molecule is CC(NC(=O)c1cc(F)c(F)cc1Br)C1CCCNC1.Cl. The van der Waals surface area contributed by atoms with Crippen molar-refractivity contribution in [1.82, 2.24) is 10.6 Å². The van der Waals surface area contributed by atoms with Crippen LogP contribution in [-0.2, 0) is 0 Å². The van der Waals surface area contributed by atoms with Crippen LogP contribution in [0.4, 0.5) is 8.78 Å². The molecular weight excluding hydrogens is 366 g/mol. The third-order valence-electron chi connectivity index (χ3n) is 3.66. The summed E-state index contributed by atoms with van der Waals surface area (Å²) in [6.07, 6.45) is 2.13. The average molecular weight is 384 g/mol. The van der Waals surface area contributed by atoms with Crippen molar-refractivity contribution in [2.75, 3.05) is 13.1 Å². The third-order valence-corrected chi connectivity index (χ3v) is 4.31. The van der Waals surface area contributed by atoms with E-state index in [9.17, 15) is 13.6 Å². The highest BCUT2D eigenvalue weighted by atomic mass is 79.9. The number of rotatable bonds is 3. The van der Waals surface area contributed by atoms with E-state index < -0.39 is 17.5 Å². The highest BCUT2D eigenvalue weighted by Gasteiger charge is 2.23. The van der Waals surface area contributed by atoms with Crippen molar-refractivity contribution in [3.05, 3.63) is 33.8 Å². The molecule has 2 atom stereocenters. The minimum atomic E-state index is -1.02. The Balaban J connectivity index is 0.00000220. The maximum absolute atomic E-state index is 13.2. The van der Waals surface area contributed by atoms with E-state index >= 15 is 0 Å². The van der Waals surface area contributed by atoms with Gasteiger partial charge < -0.3 is 10.6 Å². The summed E-state index contributed by atoms with van der Waals surface area (Å²) in [7, 11) is 0. The normalized spacial score (nSPS) is 19.5. The second-order valence-electron chi connectivity index (χ2n) is 5.11. The zero-order valence-corrected chi connectivity index (χ0v) is 14.0. The Kier molecular flexibility index (Phi) is 7.03. The van der Waals surface area contributed by atoms with E-state index in [-0.39, 0.29) is 28.5 Å². The maximum atomic E-state index is 13.2. The van der Waals surface area contributed by atoms with Gasteiger partial charge in [0.05, 0.1) is 5.56 Å². The van der Waals surface area contributed by atoms with Gasteiger partial charge in [-0.3, -0.25) is 4.79 Å². The lowest BCUT2D eigenvalue weighted by Gasteiger charge is -2.29. The van der Waals surface area contributed by atoms with Crippen LogP contribution in [0.3, 0.4) is 0 Å². The zero-order chi connectivity index (χ0) is 14.7. The number of piperidine rings is 1. The summed E-state index contributed by atoms with van der Waals surface area (Å²) in [5.74, 6) is -2.03. The second kappa shape index (κ2) is 8.06. The molecule has 0 bridgehead atoms. The number of hydrogen-bond donors (Lipinski definition) is 2. The summed E-state index contributed by atoms with van der Waals surface area (Å²) < 4.78 is 26.5. The van der Waals surface area contributed by atoms with Crippen LogP contribution >= 0.6 is 28.3 Å². The van der Waals surface area contributed by atoms with E-state index in [1.54, 1.807) is 0 Å². The number of amides is 1. The highest BCUT2D eigenvalue weighted by Crippen LogP contribution is 2.21. The topological polar surface area (TPSA) is 41.1 Å². The largest absolute Gasteiger partial charge is 0.349 e. The standard InChI is InChI=1S/C14H17BrF2N2O.ClH/c1-8(9-3-2-4-18-7-9)19-14(20)10-5-12(16)13(17)6-11(10)15;/h5-6,8-9,18H,2-4,7H2,1H3,(H,19,20);1H. The van der Waals surface area contributed by atoms with Crippen molar-refractivity contribution in [3.63, 3.8) is 0 Å². The summed E-state index contributed by atoms with van der Waals surface area (Å²) in [6, 6.07) is 1.87. The Hall–Kier alpha value is -0.720. The van der Waals surface area contributed by atoms with Gasteiger partial charge in [-0.05, 0) is 66.8 Å². The molecule has 2 rings (SSSR count). The molecule has 1 fully saturated rings. The smallest absolute Gasteiger partial charge is 0.252 e. The number of hydrogen-bond acceptors (Lipinski definition) is 2. The number of nitrogens with one attached hydrogen (secondary N) is 2. The molecule has 1 heterocycles. The Bertz CT molecular complexity index is 510. The maximum Gasteiger partial charge on any atom is 0.252 e. The lowest BCUT2D eigenvalue weighted by molar-refractivity contribution is 0.0920. The average Bonchev–Trinajstić information content (AvgIpc) is 2.43. The van der Waals surface area contributed by atoms with E-state index in [4.69, 9.17) is 0 Å². The molecule has 7 heteroatoms. The molecule has 0 aromatic heterocycles. The van der Waals surface area contributed by atoms with Crippen LogP contribution in [0.2, 0.25) is 0 Å². The lowest BCUT2D eigenvalue weighted by atomic mass is 9.92. The van der Waals surface area contributed by atoms with Gasteiger partial charge in [-0.25, -0.2) is 8.78 Å². The summed E-state index contributed by atoms with van der Waals surface area (Å²) in [4.78, 5) is 12.1. The van der Waals surface area contributed by atoms with Crippen molar-refractivity contribution in [2.24, 2.45) is 5.92 Å². The molecule has 3 nitrogen and oxygen atoms in total. The van der Waals surface area contributed by atoms with Gasteiger partial charge in [0.25, 0.3) is 5.91 Å². The second-order valence-corrected chi connectivity index (χ2v) is 5.97. The molecule has 0 spiro atoms. The van der Waals surface area contributed by atoms with Gasteiger partial charge in [0.1, 0.15) is 0 Å². The van der Waals surface area contributed by atoms with Crippen LogP contribution in [0.25, 0.3) is 0 Å². The van der Waals surface area contributed by atoms with Crippen molar-refractivity contribution in [2.45, 2.75) is 25.8 Å². The summed E-state index contributed by atoms with van der Waals surface area (Å²) in [5.41, 5.74) is 0.111. The Morgan fingerprint density at radius 3 is 2.71 bits per heavy atom. The third kappa shape index (κ3) is 4.63. The quantitative estimate of drug-likeness (QED) is 0.787. The number of benzene rings is 1. The summed E-state index contributed by atoms with van der Waals surface area (Å²) in [6.45, 7) is 3.80. The minimum Gasteiger partial charge on any atom is -0.349 e. The fraction of sp³-hybridized carbons (Fsp3) is 0.500. The zero-order valence-electron chi connectivity index (χ0n) is 11.6. The first-order valence-corrected chi connectivity index (χ1v) is 7.44. The number of halogens is 4. The van der Waals surface area contributed by atoms with Crippen molar-refractivity contribution < 1.29 is 13.6 Å². The van der Waals surface area contributed by atoms with Crippen LogP contribution in [0.15, 0.2) is 16.6 Å². The van der Waals surface area contributed by atoms with E-state index in [2.05, 4.69) is 26.6 Å². The van der Waals surface area contributed by atoms with Gasteiger partial charge in [-0.2, -0.15) is 0 Å². The van der Waals surface area contributed by atoms with Crippen LogP contribution in [0.5, 0.6) is 0 Å². The molecule has 118 valence electrons. The molecule has 1 saturated heterocycles. The van der Waals surface area contributed by atoms with Gasteiger partial charge in [-0.15, -0.1) is 12.4 Å². The molecular formula is C14H18BrClF2N2O. The van der Waals surface area contributed by atoms with Crippen LogP contribution in [0.1, 0.15) is 30.1 Å². The molecule has 2 unspecified atom stereocenters. The van der Waals surface area contributed by atoms with E-state index in [0.717, 1.165) is 38.1 Å². The molecule has 21 heavy (non-hydrogen) atoms. The van der Waals surface area contributed by atoms with E-state index in [1.807, 2.05) is 6.92 Å². The van der Waals surface area contributed by atoms with Crippen LogP contribution in [-0.4, -0.2) is 25.0 Å². The Morgan fingerprint density at radius 2 is 2.10 bits per heavy atom. The Labute approximate surface area is 137 Å². The molecule has 1 aromatic rings. The van der Waals surface area contributed by atoms with Crippen molar-refractivity contribution in [3.8, 4) is 0 Å². The lowest BCUT2D eigenvalue weighted by Crippen LogP contribution is -2.44. The fourth-order valence-corrected chi connectivity index (χ4v) is 2.90. The minimum absolute atomic E-state index is 0. The first kappa shape index (κ1) is 18.3. The predicted molar refractivity (Wildman–Crippen MR) is 83.8 cm³/mol. The van der Waals surface area contributed by atoms with Gasteiger partial charge in [0, 0.05) is 10.5 Å². The van der Waals surface area contributed by atoms with Gasteiger partial charge >= 0.3 is 0 Å². The van der Waals surface area contributed by atoms with Crippen LogP contribution < -0.4 is 10.6 Å². The molecule has 0 saturated carbocycles. The molecule has 1 amide bonds. The molecule has 0 radical (unpaired) electrons. The fourth-order valence-electron chi connectivity index (χ4n) is 2.40. The molecule has 1 aromatic carbocycles.